The zero-order valence-corrected chi connectivity index (χ0v) is 19.2. The average molecular weight is 500 g/mol. The second-order valence-corrected chi connectivity index (χ2v) is 9.36. The molecule has 0 aliphatic rings. The van der Waals surface area contributed by atoms with E-state index in [0.29, 0.717) is 21.5 Å². The van der Waals surface area contributed by atoms with E-state index in [1.165, 1.54) is 42.5 Å². The number of amides is 1. The van der Waals surface area contributed by atoms with Crippen molar-refractivity contribution in [1.29, 1.82) is 0 Å². The fourth-order valence-electron chi connectivity index (χ4n) is 2.57. The standard InChI is InChI=1S/C21H17Cl3N2O4S/c1-13-17(22)3-2-4-20(13)25-21(27)12-30-15-6-8-16(9-7-15)31(28,29)26-14-5-10-18(23)19(24)11-14/h2-11,26H,12H2,1H3,(H,25,27). The maximum atomic E-state index is 12.5. The summed E-state index contributed by atoms with van der Waals surface area (Å²) in [5, 5.41) is 3.82. The molecular formula is C21H17Cl3N2O4S. The lowest BCUT2D eigenvalue weighted by Gasteiger charge is -2.11. The van der Waals surface area contributed by atoms with E-state index in [0.717, 1.165) is 5.56 Å². The molecule has 0 aliphatic carbocycles. The highest BCUT2D eigenvalue weighted by Crippen LogP contribution is 2.27. The van der Waals surface area contributed by atoms with Crippen LogP contribution in [0.3, 0.4) is 0 Å². The Bertz CT molecular complexity index is 1220. The van der Waals surface area contributed by atoms with Gasteiger partial charge in [-0.3, -0.25) is 9.52 Å². The summed E-state index contributed by atoms with van der Waals surface area (Å²) in [4.78, 5) is 12.1. The van der Waals surface area contributed by atoms with Crippen molar-refractivity contribution in [2.75, 3.05) is 16.6 Å². The third-order valence-corrected chi connectivity index (χ3v) is 6.76. The molecule has 0 unspecified atom stereocenters. The summed E-state index contributed by atoms with van der Waals surface area (Å²) in [5.74, 6) is -0.0326. The lowest BCUT2D eigenvalue weighted by Crippen LogP contribution is -2.20. The van der Waals surface area contributed by atoms with E-state index in [-0.39, 0.29) is 28.1 Å². The van der Waals surface area contributed by atoms with Gasteiger partial charge in [0.15, 0.2) is 6.61 Å². The Morgan fingerprint density at radius 1 is 0.935 bits per heavy atom. The topological polar surface area (TPSA) is 84.5 Å². The van der Waals surface area contributed by atoms with Gasteiger partial charge < -0.3 is 10.1 Å². The molecule has 0 saturated heterocycles. The summed E-state index contributed by atoms with van der Waals surface area (Å²) in [6.07, 6.45) is 0. The second-order valence-electron chi connectivity index (χ2n) is 6.46. The molecule has 0 fully saturated rings. The Hall–Kier alpha value is -2.45. The molecular weight excluding hydrogens is 483 g/mol. The third kappa shape index (κ3) is 6.04. The van der Waals surface area contributed by atoms with Crippen LogP contribution < -0.4 is 14.8 Å². The molecule has 3 rings (SSSR count). The van der Waals surface area contributed by atoms with Crippen LogP contribution in [0, 0.1) is 6.92 Å². The molecule has 3 aromatic rings. The number of carbonyl (C=O) groups is 1. The third-order valence-electron chi connectivity index (χ3n) is 4.22. The monoisotopic (exact) mass is 498 g/mol. The lowest BCUT2D eigenvalue weighted by atomic mass is 10.2. The van der Waals surface area contributed by atoms with E-state index in [4.69, 9.17) is 39.5 Å². The van der Waals surface area contributed by atoms with Gasteiger partial charge in [0.05, 0.1) is 20.6 Å². The summed E-state index contributed by atoms with van der Waals surface area (Å²) in [5.41, 5.74) is 1.63. The molecule has 6 nitrogen and oxygen atoms in total. The molecule has 0 radical (unpaired) electrons. The number of nitrogens with one attached hydrogen (secondary N) is 2. The second kappa shape index (κ2) is 9.78. The maximum Gasteiger partial charge on any atom is 0.262 e. The van der Waals surface area contributed by atoms with Gasteiger partial charge in [-0.2, -0.15) is 0 Å². The van der Waals surface area contributed by atoms with Crippen LogP contribution in [0.5, 0.6) is 5.75 Å². The number of halogens is 3. The highest BCUT2D eigenvalue weighted by molar-refractivity contribution is 7.92. The predicted octanol–water partition coefficient (Wildman–Crippen LogP) is 5.77. The van der Waals surface area contributed by atoms with Gasteiger partial charge in [0.1, 0.15) is 5.75 Å². The highest BCUT2D eigenvalue weighted by atomic mass is 35.5. The number of sulfonamides is 1. The van der Waals surface area contributed by atoms with Crippen molar-refractivity contribution < 1.29 is 17.9 Å². The summed E-state index contributed by atoms with van der Waals surface area (Å²) in [7, 11) is -3.84. The van der Waals surface area contributed by atoms with Crippen LogP contribution in [0.4, 0.5) is 11.4 Å². The summed E-state index contributed by atoms with van der Waals surface area (Å²) in [6, 6.07) is 15.3. The van der Waals surface area contributed by atoms with Crippen LogP contribution in [0.25, 0.3) is 0 Å². The van der Waals surface area contributed by atoms with Crippen LogP contribution in [-0.2, 0) is 14.8 Å². The molecule has 0 atom stereocenters. The number of hydrogen-bond donors (Lipinski definition) is 2. The van der Waals surface area contributed by atoms with Crippen molar-refractivity contribution in [3.8, 4) is 5.75 Å². The quantitative estimate of drug-likeness (QED) is 0.432. The molecule has 0 aromatic heterocycles. The van der Waals surface area contributed by atoms with Crippen LogP contribution in [-0.4, -0.2) is 20.9 Å². The first-order valence-corrected chi connectivity index (χ1v) is 11.5. The Balaban J connectivity index is 1.61. The van der Waals surface area contributed by atoms with Gasteiger partial charge in [-0.15, -0.1) is 0 Å². The minimum absolute atomic E-state index is 0.0185. The zero-order valence-electron chi connectivity index (χ0n) is 16.2. The predicted molar refractivity (Wildman–Crippen MR) is 124 cm³/mol. The average Bonchev–Trinajstić information content (AvgIpc) is 2.73. The SMILES string of the molecule is Cc1c(Cl)cccc1NC(=O)COc1ccc(S(=O)(=O)Nc2ccc(Cl)c(Cl)c2)cc1. The molecule has 1 amide bonds. The molecule has 0 bridgehead atoms. The van der Waals surface area contributed by atoms with Gasteiger partial charge in [-0.05, 0) is 67.1 Å². The van der Waals surface area contributed by atoms with Crippen molar-refractivity contribution in [2.24, 2.45) is 0 Å². The van der Waals surface area contributed by atoms with Gasteiger partial charge in [-0.25, -0.2) is 8.42 Å². The fourth-order valence-corrected chi connectivity index (χ4v) is 4.09. The van der Waals surface area contributed by atoms with Gasteiger partial charge in [0.25, 0.3) is 15.9 Å². The number of carbonyl (C=O) groups excluding carboxylic acids is 1. The Morgan fingerprint density at radius 2 is 1.65 bits per heavy atom. The van der Waals surface area contributed by atoms with Crippen molar-refractivity contribution >= 4 is 62.1 Å². The Kier molecular flexibility index (Phi) is 7.33. The molecule has 0 saturated carbocycles. The number of rotatable bonds is 7. The molecule has 10 heteroatoms. The van der Waals surface area contributed by atoms with Gasteiger partial charge in [0.2, 0.25) is 0 Å². The first kappa shape index (κ1) is 23.2. The van der Waals surface area contributed by atoms with E-state index in [2.05, 4.69) is 10.0 Å². The van der Waals surface area contributed by atoms with Crippen molar-refractivity contribution in [3.05, 3.63) is 81.3 Å². The Morgan fingerprint density at radius 3 is 2.32 bits per heavy atom. The van der Waals surface area contributed by atoms with Gasteiger partial charge in [0, 0.05) is 10.7 Å². The van der Waals surface area contributed by atoms with E-state index in [9.17, 15) is 13.2 Å². The van der Waals surface area contributed by atoms with Crippen molar-refractivity contribution in [3.63, 3.8) is 0 Å². The lowest BCUT2D eigenvalue weighted by molar-refractivity contribution is -0.118. The normalized spacial score (nSPS) is 11.1. The van der Waals surface area contributed by atoms with Gasteiger partial charge >= 0.3 is 0 Å². The molecule has 3 aromatic carbocycles. The van der Waals surface area contributed by atoms with Crippen LogP contribution in [0.1, 0.15) is 5.56 Å². The minimum Gasteiger partial charge on any atom is -0.484 e. The molecule has 0 heterocycles. The highest BCUT2D eigenvalue weighted by Gasteiger charge is 2.15. The summed E-state index contributed by atoms with van der Waals surface area (Å²) >= 11 is 17.8. The van der Waals surface area contributed by atoms with Crippen LogP contribution in [0.2, 0.25) is 15.1 Å². The number of anilines is 2. The van der Waals surface area contributed by atoms with Crippen molar-refractivity contribution in [2.45, 2.75) is 11.8 Å². The van der Waals surface area contributed by atoms with Gasteiger partial charge in [-0.1, -0.05) is 40.9 Å². The molecule has 0 spiro atoms. The molecule has 162 valence electrons. The first-order valence-electron chi connectivity index (χ1n) is 8.91. The van der Waals surface area contributed by atoms with E-state index in [1.807, 2.05) is 0 Å². The summed E-state index contributed by atoms with van der Waals surface area (Å²) < 4.78 is 32.9. The smallest absolute Gasteiger partial charge is 0.262 e. The summed E-state index contributed by atoms with van der Waals surface area (Å²) in [6.45, 7) is 1.55. The number of hydrogen-bond acceptors (Lipinski definition) is 4. The van der Waals surface area contributed by atoms with E-state index in [1.54, 1.807) is 25.1 Å². The minimum atomic E-state index is -3.84. The van der Waals surface area contributed by atoms with Crippen molar-refractivity contribution in [1.82, 2.24) is 0 Å². The van der Waals surface area contributed by atoms with Crippen LogP contribution in [0.15, 0.2) is 65.6 Å². The number of benzene rings is 3. The molecule has 0 aliphatic heterocycles. The Labute approximate surface area is 195 Å². The largest absolute Gasteiger partial charge is 0.484 e. The number of ether oxygens (including phenoxy) is 1. The van der Waals surface area contributed by atoms with Crippen LogP contribution >= 0.6 is 34.8 Å². The molecule has 31 heavy (non-hydrogen) atoms. The van der Waals surface area contributed by atoms with E-state index < -0.39 is 10.0 Å². The zero-order chi connectivity index (χ0) is 22.6. The first-order chi connectivity index (χ1) is 14.7. The fraction of sp³-hybridized carbons (Fsp3) is 0.0952. The van der Waals surface area contributed by atoms with E-state index >= 15 is 0 Å². The maximum absolute atomic E-state index is 12.5. The molecule has 2 N–H and O–H groups in total.